The van der Waals surface area contributed by atoms with Crippen molar-refractivity contribution < 1.29 is 14.3 Å². The number of hydrogen-bond donors (Lipinski definition) is 0. The third-order valence-corrected chi connectivity index (χ3v) is 2.57. The molecular formula is C12H15ClO3. The minimum atomic E-state index is -0.273. The zero-order chi connectivity index (χ0) is 12.0. The minimum absolute atomic E-state index is 0.251. The summed E-state index contributed by atoms with van der Waals surface area (Å²) in [6.07, 6.45) is 1.10. The molecule has 0 bridgehead atoms. The highest BCUT2D eigenvalue weighted by molar-refractivity contribution is 6.31. The molecule has 88 valence electrons. The number of carbonyl (C=O) groups is 1. The van der Waals surface area contributed by atoms with Gasteiger partial charge in [0.25, 0.3) is 0 Å². The van der Waals surface area contributed by atoms with Crippen LogP contribution in [0.2, 0.25) is 5.02 Å². The number of halogens is 1. The fourth-order valence-corrected chi connectivity index (χ4v) is 1.52. The van der Waals surface area contributed by atoms with Gasteiger partial charge in [-0.2, -0.15) is 0 Å². The van der Waals surface area contributed by atoms with E-state index in [0.717, 1.165) is 22.8 Å². The molecule has 0 atom stereocenters. The van der Waals surface area contributed by atoms with Gasteiger partial charge in [0, 0.05) is 5.02 Å². The van der Waals surface area contributed by atoms with Crippen molar-refractivity contribution in [2.24, 2.45) is 0 Å². The first-order valence-electron chi connectivity index (χ1n) is 5.15. The van der Waals surface area contributed by atoms with Crippen molar-refractivity contribution in [2.45, 2.75) is 19.8 Å². The topological polar surface area (TPSA) is 35.5 Å². The molecule has 16 heavy (non-hydrogen) atoms. The lowest BCUT2D eigenvalue weighted by Gasteiger charge is -2.07. The van der Waals surface area contributed by atoms with Gasteiger partial charge in [0.1, 0.15) is 5.75 Å². The molecule has 4 heteroatoms. The highest BCUT2D eigenvalue weighted by atomic mass is 35.5. The molecule has 0 heterocycles. The van der Waals surface area contributed by atoms with E-state index in [9.17, 15) is 4.79 Å². The quantitative estimate of drug-likeness (QED) is 0.745. The summed E-state index contributed by atoms with van der Waals surface area (Å²) >= 11 is 5.97. The molecule has 0 N–H and O–H groups in total. The lowest BCUT2D eigenvalue weighted by Crippen LogP contribution is -2.07. The number of esters is 1. The number of aryl methyl sites for hydroxylation is 1. The van der Waals surface area contributed by atoms with Gasteiger partial charge in [0.2, 0.25) is 0 Å². The number of rotatable bonds is 5. The molecule has 0 fully saturated rings. The van der Waals surface area contributed by atoms with Gasteiger partial charge >= 0.3 is 5.97 Å². The van der Waals surface area contributed by atoms with Gasteiger partial charge in [-0.3, -0.25) is 4.79 Å². The first-order valence-corrected chi connectivity index (χ1v) is 5.53. The largest absolute Gasteiger partial charge is 0.493 e. The number of ether oxygens (including phenoxy) is 2. The molecule has 0 aliphatic carbocycles. The van der Waals surface area contributed by atoms with Crippen LogP contribution in [-0.2, 0) is 16.0 Å². The first-order chi connectivity index (χ1) is 7.67. The average molecular weight is 243 g/mol. The molecule has 0 aromatic heterocycles. The van der Waals surface area contributed by atoms with E-state index in [1.165, 1.54) is 7.11 Å². The van der Waals surface area contributed by atoms with Gasteiger partial charge in [-0.1, -0.05) is 18.5 Å². The molecule has 0 amide bonds. The van der Waals surface area contributed by atoms with Crippen LogP contribution in [0, 0.1) is 0 Å². The molecule has 1 rings (SSSR count). The van der Waals surface area contributed by atoms with Crippen molar-refractivity contribution in [1.82, 2.24) is 0 Å². The van der Waals surface area contributed by atoms with Crippen LogP contribution < -0.4 is 4.74 Å². The molecule has 0 radical (unpaired) electrons. The summed E-state index contributed by atoms with van der Waals surface area (Å²) < 4.78 is 9.93. The molecule has 0 saturated carbocycles. The van der Waals surface area contributed by atoms with Gasteiger partial charge in [-0.15, -0.1) is 0 Å². The van der Waals surface area contributed by atoms with Crippen molar-refractivity contribution in [3.05, 3.63) is 28.8 Å². The predicted octanol–water partition coefficient (Wildman–Crippen LogP) is 2.84. The second-order valence-electron chi connectivity index (χ2n) is 3.28. The number of hydrogen-bond acceptors (Lipinski definition) is 3. The predicted molar refractivity (Wildman–Crippen MR) is 63.0 cm³/mol. The molecule has 0 aliphatic rings. The van der Waals surface area contributed by atoms with Crippen LogP contribution in [-0.4, -0.2) is 19.7 Å². The summed E-state index contributed by atoms with van der Waals surface area (Å²) in [6, 6.07) is 5.48. The number of benzene rings is 1. The van der Waals surface area contributed by atoms with E-state index >= 15 is 0 Å². The third kappa shape index (κ3) is 3.74. The van der Waals surface area contributed by atoms with E-state index in [1.54, 1.807) is 12.1 Å². The maximum Gasteiger partial charge on any atom is 0.308 e. The average Bonchev–Trinajstić information content (AvgIpc) is 2.31. The van der Waals surface area contributed by atoms with E-state index in [4.69, 9.17) is 16.3 Å². The summed E-state index contributed by atoms with van der Waals surface area (Å²) in [7, 11) is 1.36. The van der Waals surface area contributed by atoms with Crippen LogP contribution in [0.1, 0.15) is 18.9 Å². The Morgan fingerprint density at radius 3 is 2.81 bits per heavy atom. The molecule has 1 aromatic rings. The molecule has 1 aromatic carbocycles. The highest BCUT2D eigenvalue weighted by Gasteiger charge is 2.03. The minimum Gasteiger partial charge on any atom is -0.493 e. The maximum atomic E-state index is 10.9. The van der Waals surface area contributed by atoms with Crippen LogP contribution in [0.4, 0.5) is 0 Å². The second kappa shape index (κ2) is 6.38. The van der Waals surface area contributed by atoms with Gasteiger partial charge in [0.15, 0.2) is 0 Å². The molecule has 3 nitrogen and oxygen atoms in total. The molecule has 0 spiro atoms. The van der Waals surface area contributed by atoms with E-state index < -0.39 is 0 Å². The second-order valence-corrected chi connectivity index (χ2v) is 3.69. The molecule has 0 unspecified atom stereocenters. The van der Waals surface area contributed by atoms with Gasteiger partial charge in [0.05, 0.1) is 20.1 Å². The highest BCUT2D eigenvalue weighted by Crippen LogP contribution is 2.22. The Labute approximate surface area is 100 Å². The fourth-order valence-electron chi connectivity index (χ4n) is 1.27. The normalized spacial score (nSPS) is 9.94. The lowest BCUT2D eigenvalue weighted by molar-refractivity contribution is -0.141. The van der Waals surface area contributed by atoms with Gasteiger partial charge in [-0.05, 0) is 30.2 Å². The number of methoxy groups -OCH3 is 1. The maximum absolute atomic E-state index is 10.9. The Hall–Kier alpha value is -1.22. The van der Waals surface area contributed by atoms with Crippen molar-refractivity contribution in [1.29, 1.82) is 0 Å². The molecule has 0 aliphatic heterocycles. The Morgan fingerprint density at radius 1 is 1.44 bits per heavy atom. The summed E-state index contributed by atoms with van der Waals surface area (Å²) in [5.74, 6) is 0.454. The standard InChI is InChI=1S/C12H15ClO3/c1-3-9-8-10(4-5-11(9)13)16-7-6-12(14)15-2/h4-5,8H,3,6-7H2,1-2H3. The van der Waals surface area contributed by atoms with Crippen molar-refractivity contribution in [3.8, 4) is 5.75 Å². The Balaban J connectivity index is 2.51. The first kappa shape index (κ1) is 12.8. The van der Waals surface area contributed by atoms with E-state index in [2.05, 4.69) is 4.74 Å². The van der Waals surface area contributed by atoms with Crippen molar-refractivity contribution >= 4 is 17.6 Å². The SMILES string of the molecule is CCc1cc(OCCC(=O)OC)ccc1Cl. The number of carbonyl (C=O) groups excluding carboxylic acids is 1. The monoisotopic (exact) mass is 242 g/mol. The molecular weight excluding hydrogens is 228 g/mol. The van der Waals surface area contributed by atoms with Crippen molar-refractivity contribution in [3.63, 3.8) is 0 Å². The zero-order valence-electron chi connectivity index (χ0n) is 9.46. The summed E-state index contributed by atoms with van der Waals surface area (Å²) in [5, 5.41) is 0.739. The Morgan fingerprint density at radius 2 is 2.19 bits per heavy atom. The van der Waals surface area contributed by atoms with E-state index in [0.29, 0.717) is 6.61 Å². The Kier molecular flexibility index (Phi) is 5.12. The van der Waals surface area contributed by atoms with Crippen LogP contribution in [0.5, 0.6) is 5.75 Å². The Bertz CT molecular complexity index is 363. The van der Waals surface area contributed by atoms with Crippen molar-refractivity contribution in [2.75, 3.05) is 13.7 Å². The fraction of sp³-hybridized carbons (Fsp3) is 0.417. The van der Waals surface area contributed by atoms with Gasteiger partial charge < -0.3 is 9.47 Å². The van der Waals surface area contributed by atoms with E-state index in [-0.39, 0.29) is 12.4 Å². The lowest BCUT2D eigenvalue weighted by atomic mass is 10.1. The summed E-state index contributed by atoms with van der Waals surface area (Å²) in [4.78, 5) is 10.9. The third-order valence-electron chi connectivity index (χ3n) is 2.20. The zero-order valence-corrected chi connectivity index (χ0v) is 10.2. The van der Waals surface area contributed by atoms with Crippen LogP contribution in [0.3, 0.4) is 0 Å². The summed E-state index contributed by atoms with van der Waals surface area (Å²) in [6.45, 7) is 2.34. The molecule has 0 saturated heterocycles. The van der Waals surface area contributed by atoms with Gasteiger partial charge in [-0.25, -0.2) is 0 Å². The summed E-state index contributed by atoms with van der Waals surface area (Å²) in [5.41, 5.74) is 1.04. The smallest absolute Gasteiger partial charge is 0.308 e. The van der Waals surface area contributed by atoms with Crippen LogP contribution in [0.15, 0.2) is 18.2 Å². The van der Waals surface area contributed by atoms with Crippen LogP contribution >= 0.6 is 11.6 Å². The van der Waals surface area contributed by atoms with E-state index in [1.807, 2.05) is 13.0 Å². The van der Waals surface area contributed by atoms with Crippen LogP contribution in [0.25, 0.3) is 0 Å².